The molecular formula is C20H28ClN3O2. The summed E-state index contributed by atoms with van der Waals surface area (Å²) in [6.07, 6.45) is 11.1. The minimum Gasteiger partial charge on any atom is -0.490 e. The van der Waals surface area contributed by atoms with Gasteiger partial charge in [0.1, 0.15) is 5.75 Å². The van der Waals surface area contributed by atoms with E-state index in [2.05, 4.69) is 28.3 Å². The van der Waals surface area contributed by atoms with Crippen LogP contribution in [0.15, 0.2) is 28.8 Å². The Labute approximate surface area is 161 Å². The third kappa shape index (κ3) is 4.38. The summed E-state index contributed by atoms with van der Waals surface area (Å²) < 4.78 is 11.5. The molecule has 1 aromatic carbocycles. The molecule has 142 valence electrons. The molecule has 0 radical (unpaired) electrons. The Kier molecular flexibility index (Phi) is 6.20. The molecule has 1 aromatic heterocycles. The van der Waals surface area contributed by atoms with E-state index in [-0.39, 0.29) is 17.9 Å². The number of rotatable bonds is 6. The quantitative estimate of drug-likeness (QED) is 0.811. The van der Waals surface area contributed by atoms with Crippen molar-refractivity contribution < 1.29 is 9.26 Å². The van der Waals surface area contributed by atoms with Crippen molar-refractivity contribution in [1.29, 1.82) is 0 Å². The number of halogens is 1. The maximum absolute atomic E-state index is 6.40. The van der Waals surface area contributed by atoms with E-state index in [1.54, 1.807) is 0 Å². The van der Waals surface area contributed by atoms with E-state index in [0.717, 1.165) is 44.3 Å². The largest absolute Gasteiger partial charge is 0.490 e. The monoisotopic (exact) mass is 377 g/mol. The standard InChI is InChI=1S/C20H27N3O2.ClH/c21-20(12-3-4-13-20)19-22-18(25-23-19)11-10-15-6-5-9-17(14-15)24-16-7-1-2-8-16;/h5-6,9,14,16H,1-4,7-8,10-13,21H2;1H. The Morgan fingerprint density at radius 1 is 1.12 bits per heavy atom. The highest BCUT2D eigenvalue weighted by Crippen LogP contribution is 2.34. The number of nitrogens with two attached hydrogens (primary N) is 1. The number of hydrogen-bond donors (Lipinski definition) is 1. The third-order valence-corrected chi connectivity index (χ3v) is 5.54. The third-order valence-electron chi connectivity index (χ3n) is 5.54. The first-order chi connectivity index (χ1) is 12.2. The van der Waals surface area contributed by atoms with Gasteiger partial charge in [-0.1, -0.05) is 30.1 Å². The summed E-state index contributed by atoms with van der Waals surface area (Å²) in [5.41, 5.74) is 7.25. The molecule has 0 bridgehead atoms. The Balaban J connectivity index is 0.00000196. The van der Waals surface area contributed by atoms with Gasteiger partial charge in [-0.2, -0.15) is 4.98 Å². The molecule has 5 nitrogen and oxygen atoms in total. The number of aromatic nitrogens is 2. The fraction of sp³-hybridized carbons (Fsp3) is 0.600. The van der Waals surface area contributed by atoms with Gasteiger partial charge in [0, 0.05) is 6.42 Å². The van der Waals surface area contributed by atoms with Crippen molar-refractivity contribution in [3.63, 3.8) is 0 Å². The average Bonchev–Trinajstić information content (AvgIpc) is 3.35. The van der Waals surface area contributed by atoms with Gasteiger partial charge in [-0.05, 0) is 62.6 Å². The van der Waals surface area contributed by atoms with E-state index < -0.39 is 0 Å². The maximum Gasteiger partial charge on any atom is 0.227 e. The predicted octanol–water partition coefficient (Wildman–Crippen LogP) is 4.33. The molecule has 0 unspecified atom stereocenters. The van der Waals surface area contributed by atoms with Crippen LogP contribution in [0.5, 0.6) is 5.75 Å². The Hall–Kier alpha value is -1.59. The molecule has 2 aliphatic carbocycles. The van der Waals surface area contributed by atoms with E-state index in [1.165, 1.54) is 31.2 Å². The van der Waals surface area contributed by atoms with Crippen LogP contribution in [0.4, 0.5) is 0 Å². The van der Waals surface area contributed by atoms with Crippen LogP contribution in [0, 0.1) is 0 Å². The minimum absolute atomic E-state index is 0. The molecule has 0 spiro atoms. The van der Waals surface area contributed by atoms with Crippen LogP contribution < -0.4 is 10.5 Å². The van der Waals surface area contributed by atoms with Crippen LogP contribution >= 0.6 is 12.4 Å². The molecule has 2 fully saturated rings. The van der Waals surface area contributed by atoms with Crippen LogP contribution in [0.3, 0.4) is 0 Å². The summed E-state index contributed by atoms with van der Waals surface area (Å²) in [6.45, 7) is 0. The lowest BCUT2D eigenvalue weighted by Gasteiger charge is -2.17. The van der Waals surface area contributed by atoms with Crippen molar-refractivity contribution in [2.75, 3.05) is 0 Å². The van der Waals surface area contributed by atoms with Crippen molar-refractivity contribution in [2.24, 2.45) is 5.73 Å². The highest BCUT2D eigenvalue weighted by atomic mass is 35.5. The lowest BCUT2D eigenvalue weighted by Crippen LogP contribution is -2.34. The number of aryl methyl sites for hydroxylation is 2. The average molecular weight is 378 g/mol. The van der Waals surface area contributed by atoms with Crippen LogP contribution in [0.2, 0.25) is 0 Å². The Morgan fingerprint density at radius 2 is 1.88 bits per heavy atom. The van der Waals surface area contributed by atoms with Crippen molar-refractivity contribution in [2.45, 2.75) is 75.9 Å². The highest BCUT2D eigenvalue weighted by molar-refractivity contribution is 5.85. The second-order valence-electron chi connectivity index (χ2n) is 7.55. The fourth-order valence-corrected chi connectivity index (χ4v) is 4.01. The SMILES string of the molecule is Cl.NC1(c2noc(CCc3cccc(OC4CCCC4)c3)n2)CCCC1. The summed E-state index contributed by atoms with van der Waals surface area (Å²) in [4.78, 5) is 4.55. The second kappa shape index (κ2) is 8.40. The van der Waals surface area contributed by atoms with Gasteiger partial charge in [0.25, 0.3) is 0 Å². The van der Waals surface area contributed by atoms with E-state index in [1.807, 2.05) is 6.07 Å². The van der Waals surface area contributed by atoms with Crippen LogP contribution in [0.25, 0.3) is 0 Å². The van der Waals surface area contributed by atoms with Crippen LogP contribution in [-0.4, -0.2) is 16.2 Å². The highest BCUT2D eigenvalue weighted by Gasteiger charge is 2.35. The number of ether oxygens (including phenoxy) is 1. The zero-order valence-corrected chi connectivity index (χ0v) is 16.0. The molecule has 2 aromatic rings. The van der Waals surface area contributed by atoms with Crippen LogP contribution in [0.1, 0.15) is 68.6 Å². The van der Waals surface area contributed by atoms with Gasteiger partial charge in [-0.25, -0.2) is 0 Å². The van der Waals surface area contributed by atoms with Gasteiger partial charge in [-0.15, -0.1) is 12.4 Å². The van der Waals surface area contributed by atoms with Gasteiger partial charge in [0.05, 0.1) is 11.6 Å². The first kappa shape index (κ1) is 19.2. The number of benzene rings is 1. The molecule has 4 rings (SSSR count). The van der Waals surface area contributed by atoms with Crippen molar-refractivity contribution in [3.8, 4) is 5.75 Å². The summed E-state index contributed by atoms with van der Waals surface area (Å²) in [5.74, 6) is 2.33. The van der Waals surface area contributed by atoms with E-state index >= 15 is 0 Å². The maximum atomic E-state index is 6.40. The summed E-state index contributed by atoms with van der Waals surface area (Å²) in [5, 5.41) is 4.13. The Bertz CT molecular complexity index is 707. The van der Waals surface area contributed by atoms with Crippen molar-refractivity contribution >= 4 is 12.4 Å². The lowest BCUT2D eigenvalue weighted by molar-refractivity contribution is 0.210. The Morgan fingerprint density at radius 3 is 2.65 bits per heavy atom. The number of hydrogen-bond acceptors (Lipinski definition) is 5. The van der Waals surface area contributed by atoms with Crippen LogP contribution in [-0.2, 0) is 18.4 Å². The van der Waals surface area contributed by atoms with E-state index in [0.29, 0.717) is 17.8 Å². The molecule has 0 aliphatic heterocycles. The summed E-state index contributed by atoms with van der Waals surface area (Å²) >= 11 is 0. The molecule has 0 amide bonds. The first-order valence-electron chi connectivity index (χ1n) is 9.59. The molecule has 0 saturated heterocycles. The zero-order valence-electron chi connectivity index (χ0n) is 15.2. The molecule has 2 N–H and O–H groups in total. The van der Waals surface area contributed by atoms with Gasteiger partial charge >= 0.3 is 0 Å². The van der Waals surface area contributed by atoms with Gasteiger partial charge in [0.2, 0.25) is 5.89 Å². The molecule has 1 heterocycles. The molecule has 6 heteroatoms. The smallest absolute Gasteiger partial charge is 0.227 e. The minimum atomic E-state index is -0.378. The molecule has 26 heavy (non-hydrogen) atoms. The van der Waals surface area contributed by atoms with Gasteiger partial charge in [-0.3, -0.25) is 0 Å². The van der Waals surface area contributed by atoms with Gasteiger partial charge in [0.15, 0.2) is 5.82 Å². The molecule has 2 aliphatic rings. The normalized spacial score (nSPS) is 19.4. The van der Waals surface area contributed by atoms with Crippen molar-refractivity contribution in [1.82, 2.24) is 10.1 Å². The fourth-order valence-electron chi connectivity index (χ4n) is 4.01. The van der Waals surface area contributed by atoms with Gasteiger partial charge < -0.3 is 15.0 Å². The topological polar surface area (TPSA) is 74.2 Å². The van der Waals surface area contributed by atoms with E-state index in [4.69, 9.17) is 15.0 Å². The zero-order chi connectivity index (χ0) is 17.1. The summed E-state index contributed by atoms with van der Waals surface area (Å²) in [6, 6.07) is 8.37. The second-order valence-corrected chi connectivity index (χ2v) is 7.55. The number of nitrogens with zero attached hydrogens (tertiary/aromatic N) is 2. The molecule has 2 saturated carbocycles. The molecular weight excluding hydrogens is 350 g/mol. The van der Waals surface area contributed by atoms with E-state index in [9.17, 15) is 0 Å². The van der Waals surface area contributed by atoms with Crippen molar-refractivity contribution in [3.05, 3.63) is 41.5 Å². The summed E-state index contributed by atoms with van der Waals surface area (Å²) in [7, 11) is 0. The lowest BCUT2D eigenvalue weighted by atomic mass is 9.99. The predicted molar refractivity (Wildman–Crippen MR) is 103 cm³/mol. The first-order valence-corrected chi connectivity index (χ1v) is 9.59. The molecule has 0 atom stereocenters.